The lowest BCUT2D eigenvalue weighted by molar-refractivity contribution is 0.376. The lowest BCUT2D eigenvalue weighted by Gasteiger charge is -2.04. The summed E-state index contributed by atoms with van der Waals surface area (Å²) in [5.74, 6) is 1.30. The number of nitrogens with zero attached hydrogens (tertiary/aromatic N) is 4. The van der Waals surface area contributed by atoms with Gasteiger partial charge in [-0.25, -0.2) is 9.97 Å². The molecule has 18 heavy (non-hydrogen) atoms. The average molecular weight is 243 g/mol. The molecule has 0 aromatic carbocycles. The first-order valence-corrected chi connectivity index (χ1v) is 5.64. The minimum atomic E-state index is 0.511. The molecule has 3 aromatic heterocycles. The average Bonchev–Trinajstić information content (AvgIpc) is 2.94. The highest BCUT2D eigenvalue weighted by Gasteiger charge is 2.15. The molecule has 0 spiro atoms. The highest BCUT2D eigenvalue weighted by atomic mass is 16.5. The fraction of sp³-hybridized carbons (Fsp3) is 0.250. The molecule has 0 aliphatic rings. The van der Waals surface area contributed by atoms with Crippen molar-refractivity contribution in [3.8, 4) is 0 Å². The SMILES string of the molecule is Cc1c(C)n(Cc2ccno2)c2ncnc(N)c12. The van der Waals surface area contributed by atoms with Crippen LogP contribution in [-0.4, -0.2) is 19.7 Å². The number of anilines is 1. The summed E-state index contributed by atoms with van der Waals surface area (Å²) >= 11 is 0. The van der Waals surface area contributed by atoms with E-state index >= 15 is 0 Å². The van der Waals surface area contributed by atoms with Crippen molar-refractivity contribution >= 4 is 16.9 Å². The van der Waals surface area contributed by atoms with E-state index < -0.39 is 0 Å². The standard InChI is InChI=1S/C12H13N5O/c1-7-8(2)17(5-9-3-4-16-18-9)12-10(7)11(13)14-6-15-12/h3-4,6H,5H2,1-2H3,(H2,13,14,15). The number of nitrogens with two attached hydrogens (primary N) is 1. The molecule has 3 heterocycles. The smallest absolute Gasteiger partial charge is 0.156 e. The van der Waals surface area contributed by atoms with Crippen molar-refractivity contribution in [2.45, 2.75) is 20.4 Å². The first kappa shape index (κ1) is 10.8. The third kappa shape index (κ3) is 1.46. The van der Waals surface area contributed by atoms with Crippen molar-refractivity contribution < 1.29 is 4.52 Å². The lowest BCUT2D eigenvalue weighted by Crippen LogP contribution is -2.02. The van der Waals surface area contributed by atoms with Crippen LogP contribution in [0.25, 0.3) is 11.0 Å². The summed E-state index contributed by atoms with van der Waals surface area (Å²) in [6.45, 7) is 4.65. The van der Waals surface area contributed by atoms with Crippen molar-refractivity contribution in [1.29, 1.82) is 0 Å². The van der Waals surface area contributed by atoms with Crippen LogP contribution in [0.2, 0.25) is 0 Å². The normalized spacial score (nSPS) is 11.2. The molecule has 0 bridgehead atoms. The number of nitrogen functional groups attached to an aromatic ring is 1. The molecule has 0 atom stereocenters. The van der Waals surface area contributed by atoms with E-state index in [0.717, 1.165) is 28.1 Å². The van der Waals surface area contributed by atoms with Crippen molar-refractivity contribution in [3.05, 3.63) is 35.6 Å². The maximum absolute atomic E-state index is 5.91. The molecule has 2 N–H and O–H groups in total. The van der Waals surface area contributed by atoms with Crippen molar-refractivity contribution in [2.24, 2.45) is 0 Å². The minimum Gasteiger partial charge on any atom is -0.383 e. The molecule has 0 aliphatic carbocycles. The first-order valence-electron chi connectivity index (χ1n) is 5.64. The number of rotatable bonds is 2. The molecule has 0 radical (unpaired) electrons. The quantitative estimate of drug-likeness (QED) is 0.740. The maximum atomic E-state index is 5.91. The van der Waals surface area contributed by atoms with Gasteiger partial charge in [0.25, 0.3) is 0 Å². The molecule has 6 heteroatoms. The third-order valence-electron chi connectivity index (χ3n) is 3.24. The van der Waals surface area contributed by atoms with Gasteiger partial charge in [0.2, 0.25) is 0 Å². The van der Waals surface area contributed by atoms with Gasteiger partial charge in [0, 0.05) is 11.8 Å². The molecule has 3 aromatic rings. The minimum absolute atomic E-state index is 0.511. The molecule has 3 rings (SSSR count). The monoisotopic (exact) mass is 243 g/mol. The van der Waals surface area contributed by atoms with Gasteiger partial charge in [-0.15, -0.1) is 0 Å². The van der Waals surface area contributed by atoms with Crippen LogP contribution in [0.3, 0.4) is 0 Å². The first-order chi connectivity index (χ1) is 8.68. The Balaban J connectivity index is 2.23. The van der Waals surface area contributed by atoms with E-state index in [9.17, 15) is 0 Å². The van der Waals surface area contributed by atoms with Gasteiger partial charge >= 0.3 is 0 Å². The molecule has 92 valence electrons. The lowest BCUT2D eigenvalue weighted by atomic mass is 10.2. The molecule has 0 aliphatic heterocycles. The zero-order chi connectivity index (χ0) is 12.7. The fourth-order valence-corrected chi connectivity index (χ4v) is 2.17. The number of aromatic nitrogens is 4. The largest absolute Gasteiger partial charge is 0.383 e. The summed E-state index contributed by atoms with van der Waals surface area (Å²) in [4.78, 5) is 8.35. The second-order valence-electron chi connectivity index (χ2n) is 4.23. The fourth-order valence-electron chi connectivity index (χ4n) is 2.17. The second kappa shape index (κ2) is 3.83. The third-order valence-corrected chi connectivity index (χ3v) is 3.24. The van der Waals surface area contributed by atoms with Crippen LogP contribution in [-0.2, 0) is 6.54 Å². The van der Waals surface area contributed by atoms with E-state index in [-0.39, 0.29) is 0 Å². The molecule has 0 fully saturated rings. The van der Waals surface area contributed by atoms with Crippen LogP contribution in [0.1, 0.15) is 17.0 Å². The topological polar surface area (TPSA) is 82.8 Å². The van der Waals surface area contributed by atoms with Crippen LogP contribution in [0, 0.1) is 13.8 Å². The Morgan fingerprint density at radius 1 is 1.33 bits per heavy atom. The molecular formula is C12H13N5O. The van der Waals surface area contributed by atoms with Crippen LogP contribution < -0.4 is 5.73 Å². The Hall–Kier alpha value is -2.37. The Kier molecular flexibility index (Phi) is 2.29. The highest BCUT2D eigenvalue weighted by molar-refractivity contribution is 5.90. The molecule has 0 saturated carbocycles. The Morgan fingerprint density at radius 3 is 2.89 bits per heavy atom. The molecule has 0 unspecified atom stereocenters. The summed E-state index contributed by atoms with van der Waals surface area (Å²) in [5, 5.41) is 4.62. The highest BCUT2D eigenvalue weighted by Crippen LogP contribution is 2.27. The van der Waals surface area contributed by atoms with Crippen LogP contribution >= 0.6 is 0 Å². The van der Waals surface area contributed by atoms with Crippen LogP contribution in [0.5, 0.6) is 0 Å². The van der Waals surface area contributed by atoms with Crippen LogP contribution in [0.15, 0.2) is 23.1 Å². The molecular weight excluding hydrogens is 230 g/mol. The zero-order valence-electron chi connectivity index (χ0n) is 10.2. The zero-order valence-corrected chi connectivity index (χ0v) is 10.2. The van der Waals surface area contributed by atoms with Crippen molar-refractivity contribution in [3.63, 3.8) is 0 Å². The number of aryl methyl sites for hydroxylation is 1. The van der Waals surface area contributed by atoms with Gasteiger partial charge in [-0.3, -0.25) is 0 Å². The van der Waals surface area contributed by atoms with Gasteiger partial charge in [-0.1, -0.05) is 5.16 Å². The second-order valence-corrected chi connectivity index (χ2v) is 4.23. The van der Waals surface area contributed by atoms with Crippen molar-refractivity contribution in [1.82, 2.24) is 19.7 Å². The number of fused-ring (bicyclic) bond motifs is 1. The number of hydrogen-bond donors (Lipinski definition) is 1. The Bertz CT molecular complexity index is 699. The van der Waals surface area contributed by atoms with E-state index in [1.165, 1.54) is 6.33 Å². The van der Waals surface area contributed by atoms with Crippen molar-refractivity contribution in [2.75, 3.05) is 5.73 Å². The maximum Gasteiger partial charge on any atom is 0.156 e. The Morgan fingerprint density at radius 2 is 2.17 bits per heavy atom. The van der Waals surface area contributed by atoms with Gasteiger partial charge in [-0.05, 0) is 19.4 Å². The van der Waals surface area contributed by atoms with E-state index in [0.29, 0.717) is 12.4 Å². The van der Waals surface area contributed by atoms with E-state index in [4.69, 9.17) is 10.3 Å². The molecule has 0 amide bonds. The molecule has 6 nitrogen and oxygen atoms in total. The summed E-state index contributed by atoms with van der Waals surface area (Å²) in [6.07, 6.45) is 3.11. The summed E-state index contributed by atoms with van der Waals surface area (Å²) in [5.41, 5.74) is 8.94. The van der Waals surface area contributed by atoms with Gasteiger partial charge < -0.3 is 14.8 Å². The van der Waals surface area contributed by atoms with Gasteiger partial charge in [0.15, 0.2) is 5.76 Å². The van der Waals surface area contributed by atoms with Crippen LogP contribution in [0.4, 0.5) is 5.82 Å². The number of hydrogen-bond acceptors (Lipinski definition) is 5. The summed E-state index contributed by atoms with van der Waals surface area (Å²) in [7, 11) is 0. The predicted molar refractivity (Wildman–Crippen MR) is 67.0 cm³/mol. The van der Waals surface area contributed by atoms with E-state index in [2.05, 4.69) is 19.7 Å². The van der Waals surface area contributed by atoms with Gasteiger partial charge in [-0.2, -0.15) is 0 Å². The summed E-state index contributed by atoms with van der Waals surface area (Å²) < 4.78 is 7.19. The molecule has 0 saturated heterocycles. The van der Waals surface area contributed by atoms with E-state index in [1.54, 1.807) is 6.20 Å². The van der Waals surface area contributed by atoms with Gasteiger partial charge in [0.05, 0.1) is 18.1 Å². The van der Waals surface area contributed by atoms with Gasteiger partial charge in [0.1, 0.15) is 17.8 Å². The Labute approximate surface area is 103 Å². The summed E-state index contributed by atoms with van der Waals surface area (Å²) in [6, 6.07) is 1.84. The van der Waals surface area contributed by atoms with E-state index in [1.807, 2.05) is 19.9 Å². The predicted octanol–water partition coefficient (Wildman–Crippen LogP) is 1.67.